The van der Waals surface area contributed by atoms with E-state index in [9.17, 15) is 13.2 Å². The van der Waals surface area contributed by atoms with Crippen LogP contribution in [0.3, 0.4) is 0 Å². The highest BCUT2D eigenvalue weighted by molar-refractivity contribution is 4.88. The molecule has 0 aromatic heterocycles. The Balaban J connectivity index is 3.49. The molecule has 0 fully saturated rings. The molecule has 1 unspecified atom stereocenters. The maximum Gasteiger partial charge on any atom is 0.405 e. The van der Waals surface area contributed by atoms with E-state index in [1.165, 1.54) is 6.20 Å². The van der Waals surface area contributed by atoms with E-state index in [1.807, 2.05) is 6.92 Å². The number of halogens is 3. The fourth-order valence-electron chi connectivity index (χ4n) is 0.483. The summed E-state index contributed by atoms with van der Waals surface area (Å²) in [6, 6.07) is 0.0748. The quantitative estimate of drug-likeness (QED) is 0.684. The summed E-state index contributed by atoms with van der Waals surface area (Å²) >= 11 is 0. The predicted molar refractivity (Wildman–Crippen MR) is 41.7 cm³/mol. The molecule has 0 rings (SSSR count). The third kappa shape index (κ3) is 7.40. The first-order valence-electron chi connectivity index (χ1n) is 3.60. The molecule has 0 aromatic rings. The second kappa shape index (κ2) is 5.03. The lowest BCUT2D eigenvalue weighted by atomic mass is 10.3. The van der Waals surface area contributed by atoms with Crippen LogP contribution in [0.2, 0.25) is 0 Å². The summed E-state index contributed by atoms with van der Waals surface area (Å²) in [6.45, 7) is 0.853. The van der Waals surface area contributed by atoms with E-state index in [-0.39, 0.29) is 6.04 Å². The maximum atomic E-state index is 11.5. The highest BCUT2D eigenvalue weighted by Gasteiger charge is 2.25. The van der Waals surface area contributed by atoms with Gasteiger partial charge in [-0.3, -0.25) is 0 Å². The molecule has 0 bridgehead atoms. The minimum atomic E-state index is -4.15. The van der Waals surface area contributed by atoms with E-state index < -0.39 is 12.7 Å². The summed E-state index contributed by atoms with van der Waals surface area (Å²) in [6.07, 6.45) is -1.23. The lowest BCUT2D eigenvalue weighted by molar-refractivity contribution is -0.122. The Kier molecular flexibility index (Phi) is 4.73. The first kappa shape index (κ1) is 11.3. The Morgan fingerprint density at radius 1 is 1.42 bits per heavy atom. The normalized spacial score (nSPS) is 15.1. The monoisotopic (exact) mass is 182 g/mol. The Hall–Kier alpha value is -0.710. The van der Waals surface area contributed by atoms with Gasteiger partial charge in [0, 0.05) is 6.04 Å². The molecule has 0 aliphatic rings. The molecular formula is C7H13F3N2. The van der Waals surface area contributed by atoms with Crippen molar-refractivity contribution in [3.8, 4) is 0 Å². The topological polar surface area (TPSA) is 24.1 Å². The van der Waals surface area contributed by atoms with Gasteiger partial charge in [0.1, 0.15) is 6.54 Å². The number of rotatable bonds is 4. The molecule has 0 spiro atoms. The summed E-state index contributed by atoms with van der Waals surface area (Å²) in [5.74, 6) is 0. The van der Waals surface area contributed by atoms with Crippen LogP contribution >= 0.6 is 0 Å². The van der Waals surface area contributed by atoms with Crippen LogP contribution < -0.4 is 10.6 Å². The number of likely N-dealkylation sites (N-methyl/N-ethyl adjacent to an activating group) is 1. The minimum Gasteiger partial charge on any atom is -0.383 e. The van der Waals surface area contributed by atoms with Crippen LogP contribution in [0.15, 0.2) is 12.3 Å². The van der Waals surface area contributed by atoms with Crippen molar-refractivity contribution < 1.29 is 13.2 Å². The summed E-state index contributed by atoms with van der Waals surface area (Å²) in [5.41, 5.74) is 0. The molecule has 0 aliphatic carbocycles. The fraction of sp³-hybridized carbons (Fsp3) is 0.714. The first-order chi connectivity index (χ1) is 5.45. The van der Waals surface area contributed by atoms with E-state index >= 15 is 0 Å². The van der Waals surface area contributed by atoms with Crippen molar-refractivity contribution >= 4 is 0 Å². The van der Waals surface area contributed by atoms with Gasteiger partial charge in [0.2, 0.25) is 0 Å². The average Bonchev–Trinajstić information content (AvgIpc) is 1.96. The highest BCUT2D eigenvalue weighted by atomic mass is 19.4. The van der Waals surface area contributed by atoms with E-state index in [1.54, 1.807) is 13.1 Å². The smallest absolute Gasteiger partial charge is 0.383 e. The number of hydrogen-bond acceptors (Lipinski definition) is 2. The van der Waals surface area contributed by atoms with Crippen molar-refractivity contribution in [3.05, 3.63) is 12.3 Å². The minimum absolute atomic E-state index is 0.0748. The van der Waals surface area contributed by atoms with Gasteiger partial charge in [-0.15, -0.1) is 0 Å². The van der Waals surface area contributed by atoms with Crippen molar-refractivity contribution in [2.75, 3.05) is 13.6 Å². The van der Waals surface area contributed by atoms with Crippen LogP contribution in [0.1, 0.15) is 6.92 Å². The maximum absolute atomic E-state index is 11.5. The van der Waals surface area contributed by atoms with Gasteiger partial charge in [0.05, 0.1) is 0 Å². The SMILES string of the molecule is CNC(C)/C=C\NCC(F)(F)F. The molecule has 0 heterocycles. The van der Waals surface area contributed by atoms with Crippen LogP contribution in [0, 0.1) is 0 Å². The molecule has 12 heavy (non-hydrogen) atoms. The molecule has 1 atom stereocenters. The van der Waals surface area contributed by atoms with Crippen molar-refractivity contribution in [1.82, 2.24) is 10.6 Å². The Morgan fingerprint density at radius 2 is 2.00 bits per heavy atom. The summed E-state index contributed by atoms with van der Waals surface area (Å²) in [5, 5.41) is 5.00. The molecule has 0 aromatic carbocycles. The van der Waals surface area contributed by atoms with Gasteiger partial charge in [-0.05, 0) is 20.2 Å². The van der Waals surface area contributed by atoms with Gasteiger partial charge in [0.25, 0.3) is 0 Å². The average molecular weight is 182 g/mol. The largest absolute Gasteiger partial charge is 0.405 e. The molecule has 2 nitrogen and oxygen atoms in total. The molecule has 0 radical (unpaired) electrons. The van der Waals surface area contributed by atoms with Gasteiger partial charge in [-0.25, -0.2) is 0 Å². The van der Waals surface area contributed by atoms with Crippen molar-refractivity contribution in [2.45, 2.75) is 19.1 Å². The van der Waals surface area contributed by atoms with Crippen LogP contribution in [0.5, 0.6) is 0 Å². The van der Waals surface area contributed by atoms with Gasteiger partial charge in [-0.2, -0.15) is 13.2 Å². The third-order valence-corrected chi connectivity index (χ3v) is 1.26. The molecular weight excluding hydrogens is 169 g/mol. The zero-order chi connectivity index (χ0) is 9.61. The Bertz CT molecular complexity index is 142. The summed E-state index contributed by atoms with van der Waals surface area (Å²) in [4.78, 5) is 0. The van der Waals surface area contributed by atoms with Crippen molar-refractivity contribution in [1.29, 1.82) is 0 Å². The molecule has 0 amide bonds. The zero-order valence-corrected chi connectivity index (χ0v) is 7.07. The third-order valence-electron chi connectivity index (χ3n) is 1.26. The molecule has 72 valence electrons. The lowest BCUT2D eigenvalue weighted by Gasteiger charge is -2.06. The van der Waals surface area contributed by atoms with E-state index in [2.05, 4.69) is 10.6 Å². The Labute approximate surface area is 69.8 Å². The van der Waals surface area contributed by atoms with Crippen molar-refractivity contribution in [2.24, 2.45) is 0 Å². The summed E-state index contributed by atoms with van der Waals surface area (Å²) in [7, 11) is 1.73. The second-order valence-corrected chi connectivity index (χ2v) is 2.43. The fourth-order valence-corrected chi connectivity index (χ4v) is 0.483. The first-order valence-corrected chi connectivity index (χ1v) is 3.60. The van der Waals surface area contributed by atoms with Gasteiger partial charge < -0.3 is 10.6 Å². The van der Waals surface area contributed by atoms with Gasteiger partial charge in [-0.1, -0.05) is 6.08 Å². The lowest BCUT2D eigenvalue weighted by Crippen LogP contribution is -2.26. The van der Waals surface area contributed by atoms with Crippen LogP contribution in [-0.4, -0.2) is 25.8 Å². The highest BCUT2D eigenvalue weighted by Crippen LogP contribution is 2.11. The van der Waals surface area contributed by atoms with Gasteiger partial charge >= 0.3 is 6.18 Å². The molecule has 2 N–H and O–H groups in total. The van der Waals surface area contributed by atoms with Crippen molar-refractivity contribution in [3.63, 3.8) is 0 Å². The number of hydrogen-bond donors (Lipinski definition) is 2. The number of nitrogens with one attached hydrogen (secondary N) is 2. The zero-order valence-electron chi connectivity index (χ0n) is 7.07. The van der Waals surface area contributed by atoms with E-state index in [0.29, 0.717) is 0 Å². The molecule has 5 heteroatoms. The number of alkyl halides is 3. The van der Waals surface area contributed by atoms with Crippen LogP contribution in [0.25, 0.3) is 0 Å². The van der Waals surface area contributed by atoms with E-state index in [0.717, 1.165) is 0 Å². The standard InChI is InChI=1S/C7H13F3N2/c1-6(11-2)3-4-12-5-7(8,9)10/h3-4,6,11-12H,5H2,1-2H3/b4-3-. The van der Waals surface area contributed by atoms with Gasteiger partial charge in [0.15, 0.2) is 0 Å². The van der Waals surface area contributed by atoms with E-state index in [4.69, 9.17) is 0 Å². The molecule has 0 saturated carbocycles. The Morgan fingerprint density at radius 3 is 2.42 bits per heavy atom. The summed E-state index contributed by atoms with van der Waals surface area (Å²) < 4.78 is 34.6. The predicted octanol–water partition coefficient (Wildman–Crippen LogP) is 1.26. The second-order valence-electron chi connectivity index (χ2n) is 2.43. The molecule has 0 saturated heterocycles. The van der Waals surface area contributed by atoms with Crippen LogP contribution in [0.4, 0.5) is 13.2 Å². The van der Waals surface area contributed by atoms with Crippen LogP contribution in [-0.2, 0) is 0 Å². The molecule has 0 aliphatic heterocycles.